The van der Waals surface area contributed by atoms with E-state index < -0.39 is 38.0 Å². The molecule has 0 radical (unpaired) electrons. The van der Waals surface area contributed by atoms with Gasteiger partial charge in [-0.2, -0.15) is 13.2 Å². The van der Waals surface area contributed by atoms with Crippen LogP contribution in [0.2, 0.25) is 5.02 Å². The van der Waals surface area contributed by atoms with Crippen LogP contribution >= 0.6 is 11.6 Å². The first-order chi connectivity index (χ1) is 15.5. The molecule has 12 heteroatoms. The maximum atomic E-state index is 13.5. The molecule has 0 amide bonds. The van der Waals surface area contributed by atoms with Gasteiger partial charge in [-0.3, -0.25) is 19.3 Å². The molecule has 172 valence electrons. The van der Waals surface area contributed by atoms with E-state index >= 15 is 0 Å². The summed E-state index contributed by atoms with van der Waals surface area (Å²) in [5.41, 5.74) is -1.16. The number of hydrogen-bond acceptors (Lipinski definition) is 3. The van der Waals surface area contributed by atoms with E-state index in [2.05, 4.69) is 9.82 Å². The number of alkyl halides is 3. The highest BCUT2D eigenvalue weighted by molar-refractivity contribution is 7.92. The Morgan fingerprint density at radius 2 is 1.73 bits per heavy atom. The summed E-state index contributed by atoms with van der Waals surface area (Å²) in [6.45, 7) is 0.316. The zero-order valence-electron chi connectivity index (χ0n) is 16.5. The predicted octanol–water partition coefficient (Wildman–Crippen LogP) is 4.99. The van der Waals surface area contributed by atoms with Crippen molar-refractivity contribution in [1.82, 2.24) is 9.78 Å². The number of nitrogens with one attached hydrogen (secondary N) is 2. The summed E-state index contributed by atoms with van der Waals surface area (Å²) in [5, 5.41) is 2.66. The minimum absolute atomic E-state index is 0.0926. The van der Waals surface area contributed by atoms with Crippen molar-refractivity contribution in [3.63, 3.8) is 0 Å². The van der Waals surface area contributed by atoms with Crippen LogP contribution in [0.4, 0.5) is 23.2 Å². The average Bonchev–Trinajstić information content (AvgIpc) is 3.02. The number of benzene rings is 3. The molecule has 0 aliphatic rings. The van der Waals surface area contributed by atoms with Crippen LogP contribution in [0.15, 0.2) is 70.4 Å². The van der Waals surface area contributed by atoms with Crippen LogP contribution in [0.25, 0.3) is 10.9 Å². The SMILES string of the molecule is O=c1[nH]n(Cc2ccccc2)c2cc(Cl)c(NS(=O)(=O)c3ccc(F)c(C(F)(F)F)c3)cc12. The monoisotopic (exact) mass is 499 g/mol. The van der Waals surface area contributed by atoms with Gasteiger partial charge in [0.15, 0.2) is 0 Å². The lowest BCUT2D eigenvalue weighted by Crippen LogP contribution is -2.16. The summed E-state index contributed by atoms with van der Waals surface area (Å²) < 4.78 is 81.4. The van der Waals surface area contributed by atoms with Gasteiger partial charge in [-0.15, -0.1) is 0 Å². The number of sulfonamides is 1. The molecule has 6 nitrogen and oxygen atoms in total. The molecular weight excluding hydrogens is 486 g/mol. The van der Waals surface area contributed by atoms with Gasteiger partial charge in [0, 0.05) is 0 Å². The number of rotatable bonds is 5. The molecule has 3 aromatic carbocycles. The molecule has 0 aliphatic heterocycles. The number of fused-ring (bicyclic) bond motifs is 1. The molecule has 0 saturated carbocycles. The summed E-state index contributed by atoms with van der Waals surface area (Å²) in [5.74, 6) is -1.60. The number of hydrogen-bond donors (Lipinski definition) is 2. The molecule has 0 spiro atoms. The number of aromatic nitrogens is 2. The summed E-state index contributed by atoms with van der Waals surface area (Å²) in [6, 6.07) is 13.1. The van der Waals surface area contributed by atoms with Gasteiger partial charge >= 0.3 is 6.18 Å². The number of halogens is 5. The van der Waals surface area contributed by atoms with Gasteiger partial charge in [0.05, 0.1) is 38.6 Å². The first-order valence-corrected chi connectivity index (χ1v) is 11.2. The molecule has 33 heavy (non-hydrogen) atoms. The Bertz CT molecular complexity index is 1510. The average molecular weight is 500 g/mol. The van der Waals surface area contributed by atoms with Crippen LogP contribution in [0.3, 0.4) is 0 Å². The van der Waals surface area contributed by atoms with Crippen molar-refractivity contribution in [1.29, 1.82) is 0 Å². The molecule has 0 aliphatic carbocycles. The van der Waals surface area contributed by atoms with E-state index in [1.165, 1.54) is 16.8 Å². The third kappa shape index (κ3) is 4.60. The highest BCUT2D eigenvalue weighted by atomic mass is 35.5. The van der Waals surface area contributed by atoms with Crippen molar-refractivity contribution in [3.05, 3.63) is 93.0 Å². The Morgan fingerprint density at radius 1 is 1.03 bits per heavy atom. The fourth-order valence-electron chi connectivity index (χ4n) is 3.27. The highest BCUT2D eigenvalue weighted by Crippen LogP contribution is 2.34. The van der Waals surface area contributed by atoms with E-state index in [0.717, 1.165) is 5.56 Å². The lowest BCUT2D eigenvalue weighted by atomic mass is 10.2. The predicted molar refractivity (Wildman–Crippen MR) is 115 cm³/mol. The van der Waals surface area contributed by atoms with Crippen molar-refractivity contribution >= 4 is 38.2 Å². The van der Waals surface area contributed by atoms with Crippen molar-refractivity contribution in [2.24, 2.45) is 0 Å². The third-order valence-corrected chi connectivity index (χ3v) is 6.51. The van der Waals surface area contributed by atoms with E-state index in [4.69, 9.17) is 11.6 Å². The molecule has 1 heterocycles. The molecule has 0 unspecified atom stereocenters. The summed E-state index contributed by atoms with van der Waals surface area (Å²) in [6.07, 6.45) is -5.08. The van der Waals surface area contributed by atoms with Gasteiger partial charge in [0.25, 0.3) is 15.6 Å². The molecule has 1 aromatic heterocycles. The minimum Gasteiger partial charge on any atom is -0.280 e. The quantitative estimate of drug-likeness (QED) is 0.379. The van der Waals surface area contributed by atoms with Gasteiger partial charge in [0.1, 0.15) is 5.82 Å². The zero-order chi connectivity index (χ0) is 24.0. The van der Waals surface area contributed by atoms with Crippen LogP contribution in [0.5, 0.6) is 0 Å². The Kier molecular flexibility index (Phi) is 5.71. The third-order valence-electron chi connectivity index (χ3n) is 4.84. The van der Waals surface area contributed by atoms with Crippen LogP contribution in [-0.4, -0.2) is 18.2 Å². The molecule has 4 aromatic rings. The normalized spacial score (nSPS) is 12.3. The van der Waals surface area contributed by atoms with Gasteiger partial charge < -0.3 is 0 Å². The Hall–Kier alpha value is -3.31. The lowest BCUT2D eigenvalue weighted by molar-refractivity contribution is -0.140. The molecular formula is C21H14ClF4N3O3S. The van der Waals surface area contributed by atoms with Crippen molar-refractivity contribution in [2.75, 3.05) is 4.72 Å². The van der Waals surface area contributed by atoms with E-state index in [1.807, 2.05) is 30.3 Å². The number of anilines is 1. The van der Waals surface area contributed by atoms with Gasteiger partial charge in [-0.25, -0.2) is 12.8 Å². The van der Waals surface area contributed by atoms with E-state index in [9.17, 15) is 30.8 Å². The lowest BCUT2D eigenvalue weighted by Gasteiger charge is -2.13. The van der Waals surface area contributed by atoms with Gasteiger partial charge in [0.2, 0.25) is 0 Å². The van der Waals surface area contributed by atoms with Gasteiger partial charge in [-0.05, 0) is 35.9 Å². The second-order valence-corrected chi connectivity index (χ2v) is 9.20. The van der Waals surface area contributed by atoms with E-state index in [-0.39, 0.29) is 22.2 Å². The first-order valence-electron chi connectivity index (χ1n) is 9.31. The zero-order valence-corrected chi connectivity index (χ0v) is 18.0. The summed E-state index contributed by atoms with van der Waals surface area (Å²) in [7, 11) is -4.58. The summed E-state index contributed by atoms with van der Waals surface area (Å²) >= 11 is 6.21. The maximum Gasteiger partial charge on any atom is 0.419 e. The first kappa shape index (κ1) is 22.9. The van der Waals surface area contributed by atoms with E-state index in [1.54, 1.807) is 0 Å². The maximum absolute atomic E-state index is 13.5. The van der Waals surface area contributed by atoms with Crippen LogP contribution in [0.1, 0.15) is 11.1 Å². The number of nitrogens with zero attached hydrogens (tertiary/aromatic N) is 1. The molecule has 0 fully saturated rings. The molecule has 0 atom stereocenters. The van der Waals surface area contributed by atoms with E-state index in [0.29, 0.717) is 24.2 Å². The van der Waals surface area contributed by atoms with Crippen LogP contribution in [-0.2, 0) is 22.7 Å². The van der Waals surface area contributed by atoms with Crippen molar-refractivity contribution in [3.8, 4) is 0 Å². The Balaban J connectivity index is 1.72. The molecule has 4 rings (SSSR count). The fourth-order valence-corrected chi connectivity index (χ4v) is 4.63. The number of aromatic amines is 1. The Labute approximate surface area is 189 Å². The van der Waals surface area contributed by atoms with Gasteiger partial charge in [-0.1, -0.05) is 41.9 Å². The van der Waals surface area contributed by atoms with Crippen molar-refractivity contribution < 1.29 is 26.0 Å². The fraction of sp³-hybridized carbons (Fsp3) is 0.0952. The Morgan fingerprint density at radius 3 is 2.39 bits per heavy atom. The highest BCUT2D eigenvalue weighted by Gasteiger charge is 2.35. The van der Waals surface area contributed by atoms with Crippen LogP contribution in [0, 0.1) is 5.82 Å². The van der Waals surface area contributed by atoms with Crippen LogP contribution < -0.4 is 10.3 Å². The second-order valence-electron chi connectivity index (χ2n) is 7.11. The summed E-state index contributed by atoms with van der Waals surface area (Å²) in [4.78, 5) is 11.6. The largest absolute Gasteiger partial charge is 0.419 e. The minimum atomic E-state index is -5.08. The topological polar surface area (TPSA) is 84.0 Å². The smallest absolute Gasteiger partial charge is 0.280 e. The van der Waals surface area contributed by atoms with Crippen molar-refractivity contribution in [2.45, 2.75) is 17.6 Å². The molecule has 0 bridgehead atoms. The second kappa shape index (κ2) is 8.23. The number of H-pyrrole nitrogens is 1. The molecule has 2 N–H and O–H groups in total. The standard InChI is InChI=1S/C21H14ClF4N3O3S/c22-16-10-19-14(20(30)27-29(19)11-12-4-2-1-3-5-12)9-18(16)28-33(31,32)13-6-7-17(23)15(8-13)21(24,25)26/h1-10,28H,11H2,(H,27,30). The molecule has 0 saturated heterocycles.